The van der Waals surface area contributed by atoms with Crippen LogP contribution in [0.15, 0.2) is 230 Å². The summed E-state index contributed by atoms with van der Waals surface area (Å²) in [7, 11) is 0. The second-order valence-electron chi connectivity index (χ2n) is 18.9. The van der Waals surface area contributed by atoms with E-state index in [0.717, 1.165) is 5.69 Å². The largest absolute Gasteiger partial charge is 0.311 e. The lowest BCUT2D eigenvalue weighted by Gasteiger charge is -2.32. The van der Waals surface area contributed by atoms with E-state index in [1.807, 2.05) is 0 Å². The zero-order valence-electron chi connectivity index (χ0n) is 37.4. The van der Waals surface area contributed by atoms with Gasteiger partial charge >= 0.3 is 0 Å². The molecule has 0 amide bonds. The maximum Gasteiger partial charge on any atom is 0.0541 e. The van der Waals surface area contributed by atoms with Crippen molar-refractivity contribution in [3.63, 3.8) is 0 Å². The molecule has 0 fully saturated rings. The molecule has 11 aromatic rings. The van der Waals surface area contributed by atoms with Gasteiger partial charge in [-0.05, 0) is 150 Å². The van der Waals surface area contributed by atoms with Crippen LogP contribution in [0.1, 0.15) is 43.4 Å². The van der Waals surface area contributed by atoms with Gasteiger partial charge in [0, 0.05) is 44.9 Å². The van der Waals surface area contributed by atoms with Crippen LogP contribution >= 0.6 is 0 Å². The van der Waals surface area contributed by atoms with Crippen LogP contribution in [0.25, 0.3) is 82.1 Å². The van der Waals surface area contributed by atoms with Gasteiger partial charge in [-0.1, -0.05) is 172 Å². The van der Waals surface area contributed by atoms with Crippen LogP contribution in [-0.4, -0.2) is 4.57 Å². The second kappa shape index (κ2) is 14.8. The lowest BCUT2D eigenvalue weighted by Crippen LogP contribution is -2.21. The molecular formula is C64H48N2. The standard InChI is InChI=1S/C64H48N2/c1-41-36-47(31-33-49(41)44-28-35-63-59(37-44)55-24-14-15-25-62(55)66(63)45-18-8-5-9-19-45)65(46-29-26-43(27-30-46)42-16-6-4-7-17-42)48-32-34-54-58-39-56-52-22-12-10-20-50(52)51-21-11-13-23-53(51)57(56)40-61(58)64(2,3)60(54)38-48/h4-41,49H,1-3H3. The molecule has 2 nitrogen and oxygen atoms in total. The summed E-state index contributed by atoms with van der Waals surface area (Å²) in [6, 6.07) is 76.5. The smallest absolute Gasteiger partial charge is 0.0541 e. The first kappa shape index (κ1) is 38.5. The average molecular weight is 845 g/mol. The van der Waals surface area contributed by atoms with Crippen LogP contribution in [-0.2, 0) is 5.41 Å². The van der Waals surface area contributed by atoms with Crippen LogP contribution in [0.5, 0.6) is 0 Å². The molecule has 2 aliphatic carbocycles. The third-order valence-corrected chi connectivity index (χ3v) is 14.8. The van der Waals surface area contributed by atoms with Crippen LogP contribution in [0, 0.1) is 5.92 Å². The van der Waals surface area contributed by atoms with E-state index in [4.69, 9.17) is 0 Å². The molecule has 0 aliphatic heterocycles. The van der Waals surface area contributed by atoms with Crippen molar-refractivity contribution in [2.75, 3.05) is 4.90 Å². The third kappa shape index (κ3) is 5.88. The van der Waals surface area contributed by atoms with Gasteiger partial charge in [0.15, 0.2) is 0 Å². The Hall–Kier alpha value is -7.94. The molecule has 2 heteroatoms. The number of para-hydroxylation sites is 2. The van der Waals surface area contributed by atoms with Crippen molar-refractivity contribution in [1.82, 2.24) is 4.57 Å². The molecule has 2 unspecified atom stereocenters. The first-order chi connectivity index (χ1) is 32.4. The summed E-state index contributed by atoms with van der Waals surface area (Å²) < 4.78 is 2.40. The van der Waals surface area contributed by atoms with E-state index < -0.39 is 0 Å². The number of aromatic nitrogens is 1. The predicted octanol–water partition coefficient (Wildman–Crippen LogP) is 17.2. The Morgan fingerprint density at radius 2 is 1.00 bits per heavy atom. The zero-order chi connectivity index (χ0) is 44.1. The fraction of sp³-hybridized carbons (Fsp3) is 0.0938. The Morgan fingerprint density at radius 3 is 1.70 bits per heavy atom. The monoisotopic (exact) mass is 844 g/mol. The van der Waals surface area contributed by atoms with Gasteiger partial charge in [0.2, 0.25) is 0 Å². The SMILES string of the molecule is CC1C=C(N(c2ccc(-c3ccccc3)cc2)c2ccc3c(c2)C(C)(C)c2cc4c5ccccc5c5ccccc5c4cc2-3)C=CC1c1ccc2c(c1)c1ccccc1n2-c1ccccc1. The Labute approximate surface area is 386 Å². The summed E-state index contributed by atoms with van der Waals surface area (Å²) in [5.41, 5.74) is 16.1. The van der Waals surface area contributed by atoms with Gasteiger partial charge in [-0.2, -0.15) is 0 Å². The quantitative estimate of drug-likeness (QED) is 0.151. The normalized spacial score (nSPS) is 16.3. The van der Waals surface area contributed by atoms with E-state index >= 15 is 0 Å². The Bertz CT molecular complexity index is 3790. The van der Waals surface area contributed by atoms with Gasteiger partial charge in [0.1, 0.15) is 0 Å². The van der Waals surface area contributed by atoms with E-state index in [2.05, 4.69) is 255 Å². The van der Waals surface area contributed by atoms with Gasteiger partial charge in [-0.15, -0.1) is 0 Å². The molecule has 0 saturated heterocycles. The number of anilines is 2. The average Bonchev–Trinajstić information content (AvgIpc) is 3.81. The topological polar surface area (TPSA) is 8.17 Å². The lowest BCUT2D eigenvalue weighted by atomic mass is 9.81. The molecule has 314 valence electrons. The zero-order valence-corrected chi connectivity index (χ0v) is 37.4. The number of nitrogens with zero attached hydrogens (tertiary/aromatic N) is 2. The maximum absolute atomic E-state index is 2.50. The molecule has 0 saturated carbocycles. The molecule has 1 aromatic heterocycles. The van der Waals surface area contributed by atoms with Crippen LogP contribution in [0.2, 0.25) is 0 Å². The minimum absolute atomic E-state index is 0.206. The summed E-state index contributed by atoms with van der Waals surface area (Å²) in [5.74, 6) is 0.484. The highest BCUT2D eigenvalue weighted by atomic mass is 15.1. The molecule has 2 atom stereocenters. The highest BCUT2D eigenvalue weighted by Crippen LogP contribution is 2.53. The number of hydrogen-bond acceptors (Lipinski definition) is 1. The van der Waals surface area contributed by atoms with Crippen LogP contribution in [0.3, 0.4) is 0 Å². The third-order valence-electron chi connectivity index (χ3n) is 14.8. The van der Waals surface area contributed by atoms with Crippen molar-refractivity contribution < 1.29 is 0 Å². The summed E-state index contributed by atoms with van der Waals surface area (Å²) >= 11 is 0. The Balaban J connectivity index is 0.919. The highest BCUT2D eigenvalue weighted by Gasteiger charge is 2.37. The fourth-order valence-corrected chi connectivity index (χ4v) is 11.6. The van der Waals surface area contributed by atoms with Gasteiger partial charge in [0.05, 0.1) is 11.0 Å². The molecule has 0 bridgehead atoms. The summed E-state index contributed by atoms with van der Waals surface area (Å²) in [5, 5.41) is 10.5. The minimum Gasteiger partial charge on any atom is -0.311 e. The Kier molecular flexibility index (Phi) is 8.64. The number of fused-ring (bicyclic) bond motifs is 12. The molecule has 66 heavy (non-hydrogen) atoms. The van der Waals surface area contributed by atoms with E-state index in [0.29, 0.717) is 0 Å². The van der Waals surface area contributed by atoms with E-state index in [-0.39, 0.29) is 17.3 Å². The number of rotatable bonds is 6. The predicted molar refractivity (Wildman–Crippen MR) is 280 cm³/mol. The molecule has 0 spiro atoms. The summed E-state index contributed by atoms with van der Waals surface area (Å²) in [6.07, 6.45) is 7.29. The molecule has 13 rings (SSSR count). The van der Waals surface area contributed by atoms with Crippen molar-refractivity contribution >= 4 is 65.5 Å². The van der Waals surface area contributed by atoms with Gasteiger partial charge in [0.25, 0.3) is 0 Å². The van der Waals surface area contributed by atoms with Crippen LogP contribution in [0.4, 0.5) is 11.4 Å². The molecule has 10 aromatic carbocycles. The van der Waals surface area contributed by atoms with Crippen molar-refractivity contribution in [3.8, 4) is 27.9 Å². The second-order valence-corrected chi connectivity index (χ2v) is 18.9. The molecule has 0 N–H and O–H groups in total. The number of benzene rings is 10. The molecule has 1 heterocycles. The van der Waals surface area contributed by atoms with Crippen LogP contribution < -0.4 is 4.90 Å². The van der Waals surface area contributed by atoms with Crippen molar-refractivity contribution in [2.45, 2.75) is 32.1 Å². The fourth-order valence-electron chi connectivity index (χ4n) is 11.6. The Morgan fingerprint density at radius 1 is 0.439 bits per heavy atom. The molecule has 2 aliphatic rings. The maximum atomic E-state index is 2.50. The van der Waals surface area contributed by atoms with Crippen molar-refractivity contribution in [1.29, 1.82) is 0 Å². The first-order valence-corrected chi connectivity index (χ1v) is 23.4. The highest BCUT2D eigenvalue weighted by molar-refractivity contribution is 6.26. The number of hydrogen-bond donors (Lipinski definition) is 0. The van der Waals surface area contributed by atoms with E-state index in [1.165, 1.54) is 110 Å². The molecular weight excluding hydrogens is 797 g/mol. The minimum atomic E-state index is -0.206. The number of allylic oxidation sites excluding steroid dienone is 3. The van der Waals surface area contributed by atoms with Crippen molar-refractivity contribution in [2.24, 2.45) is 5.92 Å². The van der Waals surface area contributed by atoms with Gasteiger partial charge < -0.3 is 9.47 Å². The van der Waals surface area contributed by atoms with Crippen molar-refractivity contribution in [3.05, 3.63) is 247 Å². The van der Waals surface area contributed by atoms with Gasteiger partial charge in [-0.25, -0.2) is 0 Å². The van der Waals surface area contributed by atoms with E-state index in [9.17, 15) is 0 Å². The summed E-state index contributed by atoms with van der Waals surface area (Å²) in [4.78, 5) is 2.48. The van der Waals surface area contributed by atoms with E-state index in [1.54, 1.807) is 0 Å². The summed E-state index contributed by atoms with van der Waals surface area (Å²) in [6.45, 7) is 7.20. The van der Waals surface area contributed by atoms with Gasteiger partial charge in [-0.3, -0.25) is 0 Å². The molecule has 0 radical (unpaired) electrons. The first-order valence-electron chi connectivity index (χ1n) is 23.4. The lowest BCUT2D eigenvalue weighted by molar-refractivity contribution is 0.629.